The predicted molar refractivity (Wildman–Crippen MR) is 56.3 cm³/mol. The molecule has 0 aliphatic carbocycles. The molecule has 0 saturated carbocycles. The average molecular weight is 227 g/mol. The van der Waals surface area contributed by atoms with E-state index in [9.17, 15) is 4.79 Å². The Hall–Kier alpha value is -0.940. The highest BCUT2D eigenvalue weighted by Crippen LogP contribution is 2.37. The number of nitrogens with zero attached hydrogens (tertiary/aromatic N) is 1. The molecule has 0 radical (unpaired) electrons. The zero-order chi connectivity index (χ0) is 11.0. The van der Waals surface area contributed by atoms with Crippen LogP contribution in [0.2, 0.25) is 0 Å². The fraction of sp³-hybridized carbons (Fsp3) is 0.600. The average Bonchev–Trinajstić information content (AvgIpc) is 2.71. The van der Waals surface area contributed by atoms with Crippen molar-refractivity contribution >= 4 is 17.3 Å². The normalized spacial score (nSPS) is 25.7. The van der Waals surface area contributed by atoms with Crippen LogP contribution < -0.4 is 0 Å². The molecule has 2 rings (SSSR count). The minimum absolute atomic E-state index is 0.0719. The maximum absolute atomic E-state index is 11.0. The summed E-state index contributed by atoms with van der Waals surface area (Å²) in [5.74, 6) is -0.961. The second-order valence-corrected chi connectivity index (χ2v) is 5.00. The molecule has 1 aliphatic rings. The molecule has 0 aromatic carbocycles. The molecule has 0 amide bonds. The van der Waals surface area contributed by atoms with E-state index in [1.54, 1.807) is 0 Å². The third-order valence-electron chi connectivity index (χ3n) is 2.49. The van der Waals surface area contributed by atoms with Crippen molar-refractivity contribution in [1.29, 1.82) is 0 Å². The molecule has 1 aromatic rings. The van der Waals surface area contributed by atoms with Crippen molar-refractivity contribution in [2.75, 3.05) is 0 Å². The van der Waals surface area contributed by atoms with Crippen molar-refractivity contribution in [1.82, 2.24) is 4.98 Å². The van der Waals surface area contributed by atoms with Crippen molar-refractivity contribution in [3.05, 3.63) is 15.6 Å². The van der Waals surface area contributed by atoms with Crippen molar-refractivity contribution in [3.8, 4) is 0 Å². The van der Waals surface area contributed by atoms with Gasteiger partial charge in [0.25, 0.3) is 0 Å². The second kappa shape index (κ2) is 3.90. The number of aryl methyl sites for hydroxylation is 1. The summed E-state index contributed by atoms with van der Waals surface area (Å²) in [7, 11) is 0. The summed E-state index contributed by atoms with van der Waals surface area (Å²) in [6.07, 6.45) is 2.03. The van der Waals surface area contributed by atoms with Crippen LogP contribution in [-0.2, 0) is 4.74 Å². The molecule has 0 spiro atoms. The zero-order valence-corrected chi connectivity index (χ0v) is 9.50. The highest BCUT2D eigenvalue weighted by Gasteiger charge is 2.29. The van der Waals surface area contributed by atoms with E-state index in [1.165, 1.54) is 11.3 Å². The number of aromatic carboxylic acids is 1. The molecular formula is C10H13NO3S. The maximum atomic E-state index is 11.0. The lowest BCUT2D eigenvalue weighted by Gasteiger charge is -2.08. The van der Waals surface area contributed by atoms with E-state index in [0.29, 0.717) is 0 Å². The van der Waals surface area contributed by atoms with Crippen LogP contribution in [0, 0.1) is 6.92 Å². The first-order valence-electron chi connectivity index (χ1n) is 4.94. The monoisotopic (exact) mass is 227 g/mol. The van der Waals surface area contributed by atoms with Gasteiger partial charge in [0.15, 0.2) is 5.69 Å². The molecule has 1 saturated heterocycles. The van der Waals surface area contributed by atoms with Gasteiger partial charge in [0, 0.05) is 0 Å². The van der Waals surface area contributed by atoms with Crippen molar-refractivity contribution in [2.45, 2.75) is 38.9 Å². The summed E-state index contributed by atoms with van der Waals surface area (Å²) in [5, 5.41) is 9.78. The van der Waals surface area contributed by atoms with Crippen LogP contribution in [-0.4, -0.2) is 22.2 Å². The molecule has 1 aromatic heterocycles. The minimum atomic E-state index is -0.961. The molecule has 2 heterocycles. The first-order chi connectivity index (χ1) is 7.08. The van der Waals surface area contributed by atoms with Gasteiger partial charge in [0.05, 0.1) is 22.1 Å². The Morgan fingerprint density at radius 2 is 2.33 bits per heavy atom. The molecule has 1 aliphatic heterocycles. The van der Waals surface area contributed by atoms with Crippen molar-refractivity contribution in [2.24, 2.45) is 0 Å². The minimum Gasteiger partial charge on any atom is -0.476 e. The molecule has 0 bridgehead atoms. The Labute approximate surface area is 91.9 Å². The number of rotatable bonds is 2. The van der Waals surface area contributed by atoms with Crippen molar-refractivity contribution < 1.29 is 14.6 Å². The number of carbonyl (C=O) groups is 1. The Kier molecular flexibility index (Phi) is 2.75. The third-order valence-corrected chi connectivity index (χ3v) is 3.55. The van der Waals surface area contributed by atoms with Crippen molar-refractivity contribution in [3.63, 3.8) is 0 Å². The maximum Gasteiger partial charge on any atom is 0.355 e. The van der Waals surface area contributed by atoms with Gasteiger partial charge in [-0.05, 0) is 26.7 Å². The molecule has 15 heavy (non-hydrogen) atoms. The van der Waals surface area contributed by atoms with E-state index < -0.39 is 5.97 Å². The summed E-state index contributed by atoms with van der Waals surface area (Å²) >= 11 is 1.43. The number of ether oxygens (including phenoxy) is 1. The standard InChI is InChI=1S/C10H13NO3S/c1-5-3-4-7(14-5)9-8(10(12)13)11-6(2)15-9/h5,7H,3-4H2,1-2H3,(H,12,13). The van der Waals surface area contributed by atoms with Crippen LogP contribution in [0.5, 0.6) is 0 Å². The summed E-state index contributed by atoms with van der Waals surface area (Å²) in [6.45, 7) is 3.83. The van der Waals surface area contributed by atoms with Gasteiger partial charge in [-0.2, -0.15) is 0 Å². The highest BCUT2D eigenvalue weighted by atomic mass is 32.1. The van der Waals surface area contributed by atoms with Gasteiger partial charge in [-0.15, -0.1) is 11.3 Å². The summed E-state index contributed by atoms with van der Waals surface area (Å²) < 4.78 is 5.66. The second-order valence-electron chi connectivity index (χ2n) is 3.76. The lowest BCUT2D eigenvalue weighted by atomic mass is 10.1. The van der Waals surface area contributed by atoms with E-state index >= 15 is 0 Å². The number of carboxylic acid groups (broad SMARTS) is 1. The van der Waals surface area contributed by atoms with Gasteiger partial charge >= 0.3 is 5.97 Å². The van der Waals surface area contributed by atoms with E-state index in [2.05, 4.69) is 4.98 Å². The summed E-state index contributed by atoms with van der Waals surface area (Å²) in [6, 6.07) is 0. The van der Waals surface area contributed by atoms with Crippen LogP contribution in [0.15, 0.2) is 0 Å². The van der Waals surface area contributed by atoms with Crippen LogP contribution in [0.4, 0.5) is 0 Å². The Morgan fingerprint density at radius 3 is 2.87 bits per heavy atom. The Balaban J connectivity index is 2.30. The smallest absolute Gasteiger partial charge is 0.355 e. The molecule has 82 valence electrons. The fourth-order valence-corrected chi connectivity index (χ4v) is 2.80. The molecular weight excluding hydrogens is 214 g/mol. The van der Waals surface area contributed by atoms with Gasteiger partial charge in [-0.25, -0.2) is 9.78 Å². The molecule has 2 atom stereocenters. The lowest BCUT2D eigenvalue weighted by Crippen LogP contribution is -2.06. The first kappa shape index (κ1) is 10.6. The SMILES string of the molecule is Cc1nc(C(=O)O)c(C2CCC(C)O2)s1. The lowest BCUT2D eigenvalue weighted by molar-refractivity contribution is 0.0539. The van der Waals surface area contributed by atoms with Crippen LogP contribution in [0.3, 0.4) is 0 Å². The number of thiazole rings is 1. The van der Waals surface area contributed by atoms with Gasteiger partial charge in [0.1, 0.15) is 0 Å². The highest BCUT2D eigenvalue weighted by molar-refractivity contribution is 7.11. The quantitative estimate of drug-likeness (QED) is 0.842. The predicted octanol–water partition coefficient (Wildman–Crippen LogP) is 2.39. The topological polar surface area (TPSA) is 59.4 Å². The summed E-state index contributed by atoms with van der Waals surface area (Å²) in [5.41, 5.74) is 0.164. The molecule has 1 N–H and O–H groups in total. The van der Waals surface area contributed by atoms with Gasteiger partial charge in [-0.3, -0.25) is 0 Å². The number of hydrogen-bond acceptors (Lipinski definition) is 4. The van der Waals surface area contributed by atoms with Crippen LogP contribution in [0.25, 0.3) is 0 Å². The van der Waals surface area contributed by atoms with Gasteiger partial charge in [-0.1, -0.05) is 0 Å². The molecule has 4 nitrogen and oxygen atoms in total. The van der Waals surface area contributed by atoms with E-state index in [0.717, 1.165) is 22.7 Å². The molecule has 2 unspecified atom stereocenters. The number of hydrogen-bond donors (Lipinski definition) is 1. The molecule has 5 heteroatoms. The Morgan fingerprint density at radius 1 is 1.60 bits per heavy atom. The fourth-order valence-electron chi connectivity index (χ4n) is 1.81. The van der Waals surface area contributed by atoms with Gasteiger partial charge in [0.2, 0.25) is 0 Å². The number of aromatic nitrogens is 1. The largest absolute Gasteiger partial charge is 0.476 e. The summed E-state index contributed by atoms with van der Waals surface area (Å²) in [4.78, 5) is 15.7. The zero-order valence-electron chi connectivity index (χ0n) is 8.69. The van der Waals surface area contributed by atoms with E-state index in [1.807, 2.05) is 13.8 Å². The van der Waals surface area contributed by atoms with E-state index in [4.69, 9.17) is 9.84 Å². The Bertz CT molecular complexity index is 388. The van der Waals surface area contributed by atoms with Gasteiger partial charge < -0.3 is 9.84 Å². The third kappa shape index (κ3) is 2.03. The van der Waals surface area contributed by atoms with Crippen LogP contribution >= 0.6 is 11.3 Å². The first-order valence-corrected chi connectivity index (χ1v) is 5.75. The number of carboxylic acids is 1. The molecule has 1 fully saturated rings. The van der Waals surface area contributed by atoms with E-state index in [-0.39, 0.29) is 17.9 Å². The van der Waals surface area contributed by atoms with Crippen LogP contribution in [0.1, 0.15) is 46.2 Å².